The molecule has 16 heteroatoms. The molecule has 4 heterocycles. The van der Waals surface area contributed by atoms with Crippen molar-refractivity contribution in [1.29, 1.82) is 0 Å². The van der Waals surface area contributed by atoms with Crippen LogP contribution in [-0.4, -0.2) is 97.4 Å². The first kappa shape index (κ1) is 28.7. The molecule has 0 unspecified atom stereocenters. The highest BCUT2D eigenvalue weighted by molar-refractivity contribution is 7.91. The Hall–Kier alpha value is -2.30. The summed E-state index contributed by atoms with van der Waals surface area (Å²) >= 11 is 0. The highest BCUT2D eigenvalue weighted by Crippen LogP contribution is 2.30. The maximum absolute atomic E-state index is 13.3. The van der Waals surface area contributed by atoms with Gasteiger partial charge in [-0.1, -0.05) is 0 Å². The van der Waals surface area contributed by atoms with Crippen LogP contribution in [0.5, 0.6) is 0 Å². The summed E-state index contributed by atoms with van der Waals surface area (Å²) in [5.41, 5.74) is -0.660. The Balaban J connectivity index is 1.34. The Bertz CT molecular complexity index is 1270. The van der Waals surface area contributed by atoms with Crippen molar-refractivity contribution in [3.63, 3.8) is 0 Å². The van der Waals surface area contributed by atoms with E-state index in [0.717, 1.165) is 16.6 Å². The van der Waals surface area contributed by atoms with Crippen molar-refractivity contribution in [2.24, 2.45) is 5.92 Å². The Labute approximate surface area is 219 Å². The number of nitrogens with zero attached hydrogens (tertiary/aromatic N) is 4. The number of pyridine rings is 1. The Morgan fingerprint density at radius 2 is 1.71 bits per heavy atom. The van der Waals surface area contributed by atoms with Crippen LogP contribution in [0.25, 0.3) is 0 Å². The van der Waals surface area contributed by atoms with Crippen LogP contribution >= 0.6 is 0 Å². The number of alkyl halides is 3. The van der Waals surface area contributed by atoms with Crippen LogP contribution in [0.1, 0.15) is 36.9 Å². The topological polar surface area (TPSA) is 137 Å². The van der Waals surface area contributed by atoms with Gasteiger partial charge in [0, 0.05) is 45.2 Å². The van der Waals surface area contributed by atoms with E-state index in [1.165, 1.54) is 15.3 Å². The number of likely N-dealkylation sites (tertiary alicyclic amines) is 1. The second kappa shape index (κ2) is 10.7. The Morgan fingerprint density at radius 3 is 2.32 bits per heavy atom. The average Bonchev–Trinajstić information content (AvgIpc) is 3.30. The number of sulfone groups is 1. The second-order valence-electron chi connectivity index (χ2n) is 9.92. The van der Waals surface area contributed by atoms with E-state index in [1.807, 2.05) is 0 Å². The van der Waals surface area contributed by atoms with Crippen LogP contribution in [0.4, 0.5) is 13.2 Å². The van der Waals surface area contributed by atoms with Crippen molar-refractivity contribution >= 4 is 31.9 Å². The lowest BCUT2D eigenvalue weighted by Gasteiger charge is -2.42. The zero-order chi connectivity index (χ0) is 27.9. The molecule has 38 heavy (non-hydrogen) atoms. The van der Waals surface area contributed by atoms with E-state index in [1.54, 1.807) is 0 Å². The van der Waals surface area contributed by atoms with Gasteiger partial charge >= 0.3 is 6.18 Å². The van der Waals surface area contributed by atoms with E-state index in [0.29, 0.717) is 38.4 Å². The molecule has 1 N–H and O–H groups in total. The van der Waals surface area contributed by atoms with E-state index < -0.39 is 54.9 Å². The van der Waals surface area contributed by atoms with E-state index in [-0.39, 0.29) is 44.3 Å². The summed E-state index contributed by atoms with van der Waals surface area (Å²) in [6.45, 7) is 0.171. The molecular formula is C22H30F3N5O6S2. The molecule has 3 aliphatic heterocycles. The van der Waals surface area contributed by atoms with Crippen molar-refractivity contribution in [1.82, 2.24) is 23.8 Å². The molecule has 2 atom stereocenters. The minimum Gasteiger partial charge on any atom is -0.349 e. The smallest absolute Gasteiger partial charge is 0.349 e. The third kappa shape index (κ3) is 6.13. The zero-order valence-electron chi connectivity index (χ0n) is 20.7. The molecule has 0 aromatic carbocycles. The third-order valence-corrected chi connectivity index (χ3v) is 10.7. The number of nitrogens with one attached hydrogen (secondary N) is 1. The fourth-order valence-electron chi connectivity index (χ4n) is 4.91. The van der Waals surface area contributed by atoms with Gasteiger partial charge in [0.2, 0.25) is 11.8 Å². The van der Waals surface area contributed by atoms with Crippen molar-refractivity contribution in [2.75, 3.05) is 39.0 Å². The predicted octanol–water partition coefficient (Wildman–Crippen LogP) is 0.393. The van der Waals surface area contributed by atoms with Gasteiger partial charge in [-0.15, -0.1) is 0 Å². The van der Waals surface area contributed by atoms with Crippen LogP contribution in [0.3, 0.4) is 0 Å². The predicted molar refractivity (Wildman–Crippen MR) is 129 cm³/mol. The maximum atomic E-state index is 13.3. The molecule has 3 aliphatic rings. The minimum absolute atomic E-state index is 0.0540. The SMILES string of the molecule is CS(=O)(=O)C1CN(S(=O)(=O)N2CCC[C@H](C(=O)N3CCC[C@@H]3C(=O)NCc3ccc(C(F)(F)F)cn3)C2)C1. The fourth-order valence-corrected chi connectivity index (χ4v) is 7.79. The van der Waals surface area contributed by atoms with E-state index in [9.17, 15) is 39.6 Å². The van der Waals surface area contributed by atoms with Crippen LogP contribution in [0, 0.1) is 5.92 Å². The molecule has 1 aromatic rings. The maximum Gasteiger partial charge on any atom is 0.417 e. The molecule has 0 saturated carbocycles. The zero-order valence-corrected chi connectivity index (χ0v) is 22.4. The summed E-state index contributed by atoms with van der Waals surface area (Å²) in [6.07, 6.45) is -0.857. The molecule has 0 radical (unpaired) electrons. The molecule has 0 bridgehead atoms. The molecule has 0 aliphatic carbocycles. The van der Waals surface area contributed by atoms with Crippen LogP contribution in [0.2, 0.25) is 0 Å². The van der Waals surface area contributed by atoms with Crippen LogP contribution in [0.15, 0.2) is 18.3 Å². The number of piperidine rings is 1. The third-order valence-electron chi connectivity index (χ3n) is 7.24. The number of amides is 2. The van der Waals surface area contributed by atoms with E-state index in [2.05, 4.69) is 10.3 Å². The van der Waals surface area contributed by atoms with E-state index in [4.69, 9.17) is 0 Å². The number of carbonyl (C=O) groups is 2. The lowest BCUT2D eigenvalue weighted by atomic mass is 9.97. The van der Waals surface area contributed by atoms with Gasteiger partial charge in [-0.05, 0) is 37.8 Å². The molecule has 1 aromatic heterocycles. The van der Waals surface area contributed by atoms with Gasteiger partial charge in [0.1, 0.15) is 6.04 Å². The first-order chi connectivity index (χ1) is 17.7. The van der Waals surface area contributed by atoms with Gasteiger partial charge in [-0.25, -0.2) is 8.42 Å². The Morgan fingerprint density at radius 1 is 1.03 bits per heavy atom. The van der Waals surface area contributed by atoms with Gasteiger partial charge < -0.3 is 10.2 Å². The molecule has 3 saturated heterocycles. The number of hydrogen-bond acceptors (Lipinski definition) is 7. The van der Waals surface area contributed by atoms with Crippen LogP contribution in [-0.2, 0) is 42.4 Å². The molecule has 2 amide bonds. The van der Waals surface area contributed by atoms with Gasteiger partial charge in [0.15, 0.2) is 9.84 Å². The van der Waals surface area contributed by atoms with Crippen molar-refractivity contribution < 1.29 is 39.6 Å². The van der Waals surface area contributed by atoms with Crippen molar-refractivity contribution in [3.8, 4) is 0 Å². The summed E-state index contributed by atoms with van der Waals surface area (Å²) in [7, 11) is -7.26. The largest absolute Gasteiger partial charge is 0.417 e. The summed E-state index contributed by atoms with van der Waals surface area (Å²) in [5.74, 6) is -1.42. The van der Waals surface area contributed by atoms with Crippen LogP contribution < -0.4 is 5.32 Å². The first-order valence-electron chi connectivity index (χ1n) is 12.2. The Kier molecular flexibility index (Phi) is 8.08. The number of halogens is 3. The molecular weight excluding hydrogens is 551 g/mol. The van der Waals surface area contributed by atoms with Gasteiger partial charge in [0.05, 0.1) is 29.0 Å². The highest BCUT2D eigenvalue weighted by Gasteiger charge is 2.46. The molecule has 212 valence electrons. The van der Waals surface area contributed by atoms with E-state index >= 15 is 0 Å². The number of hydrogen-bond donors (Lipinski definition) is 1. The van der Waals surface area contributed by atoms with Crippen molar-refractivity contribution in [2.45, 2.75) is 49.7 Å². The molecule has 4 rings (SSSR count). The number of aromatic nitrogens is 1. The highest BCUT2D eigenvalue weighted by atomic mass is 32.2. The van der Waals surface area contributed by atoms with Crippen molar-refractivity contribution in [3.05, 3.63) is 29.6 Å². The molecule has 11 nitrogen and oxygen atoms in total. The fraction of sp³-hybridized carbons (Fsp3) is 0.682. The van der Waals surface area contributed by atoms with Gasteiger partial charge in [-0.2, -0.15) is 30.2 Å². The normalized spacial score (nSPS) is 24.3. The lowest BCUT2D eigenvalue weighted by molar-refractivity contribution is -0.142. The molecule has 3 fully saturated rings. The summed E-state index contributed by atoms with van der Waals surface area (Å²) in [6, 6.07) is 1.29. The summed E-state index contributed by atoms with van der Waals surface area (Å²) in [4.78, 5) is 31.4. The minimum atomic E-state index is -4.51. The first-order valence-corrected chi connectivity index (χ1v) is 15.6. The summed E-state index contributed by atoms with van der Waals surface area (Å²) < 4.78 is 89.7. The van der Waals surface area contributed by atoms with Gasteiger partial charge in [0.25, 0.3) is 10.2 Å². The quantitative estimate of drug-likeness (QED) is 0.492. The van der Waals surface area contributed by atoms with Gasteiger partial charge in [-0.3, -0.25) is 14.6 Å². The molecule has 0 spiro atoms. The average molecular weight is 582 g/mol. The second-order valence-corrected chi connectivity index (χ2v) is 14.2. The lowest BCUT2D eigenvalue weighted by Crippen LogP contribution is -2.61. The summed E-state index contributed by atoms with van der Waals surface area (Å²) in [5, 5.41) is 1.89. The number of rotatable bonds is 7. The standard InChI is InChI=1S/C22H30F3N5O6S2/c1-37(33,34)18-13-29(14-18)38(35,36)28-8-2-4-15(12-28)21(32)30-9-3-5-19(30)20(31)27-11-17-7-6-16(10-26-17)22(23,24)25/h6-7,10,15,18-19H,2-5,8-9,11-14H2,1H3,(H,27,31)/t15-,19+/m0/s1. The number of carbonyl (C=O) groups excluding carboxylic acids is 2. The monoisotopic (exact) mass is 581 g/mol.